The zero-order valence-electron chi connectivity index (χ0n) is 23.1. The number of rotatable bonds is 7. The first kappa shape index (κ1) is 25.3. The molecule has 4 heterocycles. The smallest absolute Gasteiger partial charge is 0.251 e. The molecule has 2 aromatic carbocycles. The van der Waals surface area contributed by atoms with Crippen LogP contribution in [0.15, 0.2) is 66.9 Å². The van der Waals surface area contributed by atoms with Crippen molar-refractivity contribution < 1.29 is 9.53 Å². The second kappa shape index (κ2) is 10.7. The molecule has 4 aromatic rings. The van der Waals surface area contributed by atoms with Crippen molar-refractivity contribution in [1.82, 2.24) is 25.4 Å². The molecule has 3 aliphatic rings. The Hall–Kier alpha value is -3.71. The second-order valence-corrected chi connectivity index (χ2v) is 11.9. The minimum Gasteiger partial charge on any atom is -0.490 e. The first-order valence-corrected chi connectivity index (χ1v) is 14.8. The standard InChI is InChI=1S/C33H37N5O2/c1-38-24-12-13-25(38)20-27(19-24)40-26-14-9-22(10-15-26)31-28-18-23(11-16-29(28)36-37-31)33(39)35-32(21-6-2-3-7-21)30-8-4-5-17-34-30/h4-5,8-11,14-18,21,24-25,27,32H,2-3,6-7,12-13,19-20H2,1H3,(H,35,39)(H,36,37). The number of fused-ring (bicyclic) bond motifs is 3. The summed E-state index contributed by atoms with van der Waals surface area (Å²) in [4.78, 5) is 20.6. The predicted octanol–water partition coefficient (Wildman–Crippen LogP) is 6.29. The summed E-state index contributed by atoms with van der Waals surface area (Å²) in [6.45, 7) is 0. The number of pyridine rings is 1. The van der Waals surface area contributed by atoms with Crippen molar-refractivity contribution in [1.29, 1.82) is 0 Å². The summed E-state index contributed by atoms with van der Waals surface area (Å²) in [6.07, 6.45) is 11.5. The van der Waals surface area contributed by atoms with E-state index < -0.39 is 0 Å². The molecule has 3 atom stereocenters. The number of H-pyrrole nitrogens is 1. The highest BCUT2D eigenvalue weighted by Gasteiger charge is 2.39. The molecular weight excluding hydrogens is 498 g/mol. The maximum Gasteiger partial charge on any atom is 0.251 e. The third-order valence-corrected chi connectivity index (χ3v) is 9.47. The topological polar surface area (TPSA) is 83.1 Å². The first-order valence-electron chi connectivity index (χ1n) is 14.8. The SMILES string of the molecule is CN1C2CCC1CC(Oc1ccc(-c3n[nH]c4ccc(C(=O)NC(c5ccccn5)C5CCCC5)cc34)cc1)C2. The van der Waals surface area contributed by atoms with Crippen LogP contribution in [0.25, 0.3) is 22.2 Å². The maximum absolute atomic E-state index is 13.5. The van der Waals surface area contributed by atoms with Crippen LogP contribution in [0.3, 0.4) is 0 Å². The van der Waals surface area contributed by atoms with Crippen molar-refractivity contribution in [3.05, 3.63) is 78.1 Å². The molecule has 40 heavy (non-hydrogen) atoms. The van der Waals surface area contributed by atoms with E-state index in [0.717, 1.165) is 59.3 Å². The molecule has 7 rings (SSSR count). The fourth-order valence-corrected chi connectivity index (χ4v) is 7.23. The fraction of sp³-hybridized carbons (Fsp3) is 0.424. The summed E-state index contributed by atoms with van der Waals surface area (Å²) in [7, 11) is 2.26. The fourth-order valence-electron chi connectivity index (χ4n) is 7.23. The van der Waals surface area contributed by atoms with Gasteiger partial charge in [0, 0.05) is 34.8 Å². The Kier molecular flexibility index (Phi) is 6.76. The van der Waals surface area contributed by atoms with Gasteiger partial charge in [-0.3, -0.25) is 14.9 Å². The van der Waals surface area contributed by atoms with Crippen LogP contribution < -0.4 is 10.1 Å². The molecule has 3 unspecified atom stereocenters. The highest BCUT2D eigenvalue weighted by molar-refractivity contribution is 6.01. The van der Waals surface area contributed by atoms with Gasteiger partial charge in [-0.2, -0.15) is 5.10 Å². The number of ether oxygens (including phenoxy) is 1. The van der Waals surface area contributed by atoms with Crippen LogP contribution in [0, 0.1) is 5.92 Å². The molecular formula is C33H37N5O2. The zero-order chi connectivity index (χ0) is 27.1. The molecule has 2 bridgehead atoms. The largest absolute Gasteiger partial charge is 0.490 e. The molecule has 2 aromatic heterocycles. The maximum atomic E-state index is 13.5. The number of hydrogen-bond donors (Lipinski definition) is 2. The average molecular weight is 536 g/mol. The van der Waals surface area contributed by atoms with Gasteiger partial charge in [-0.15, -0.1) is 0 Å². The molecule has 7 heteroatoms. The van der Waals surface area contributed by atoms with E-state index in [-0.39, 0.29) is 18.1 Å². The first-order chi connectivity index (χ1) is 19.6. The summed E-state index contributed by atoms with van der Waals surface area (Å²) in [5.74, 6) is 1.25. The summed E-state index contributed by atoms with van der Waals surface area (Å²) in [5.41, 5.74) is 4.31. The Morgan fingerprint density at radius 3 is 2.50 bits per heavy atom. The van der Waals surface area contributed by atoms with Gasteiger partial charge in [-0.25, -0.2) is 0 Å². The van der Waals surface area contributed by atoms with E-state index in [1.54, 1.807) is 6.20 Å². The molecule has 1 aliphatic carbocycles. The summed E-state index contributed by atoms with van der Waals surface area (Å²) < 4.78 is 6.40. The lowest BCUT2D eigenvalue weighted by Crippen LogP contribution is -2.43. The van der Waals surface area contributed by atoms with E-state index in [4.69, 9.17) is 4.74 Å². The predicted molar refractivity (Wildman–Crippen MR) is 156 cm³/mol. The van der Waals surface area contributed by atoms with Crippen molar-refractivity contribution in [2.24, 2.45) is 5.92 Å². The molecule has 2 saturated heterocycles. The lowest BCUT2D eigenvalue weighted by atomic mass is 9.94. The Bertz CT molecular complexity index is 1460. The number of carbonyl (C=O) groups excluding carboxylic acids is 1. The number of benzene rings is 2. The van der Waals surface area contributed by atoms with Gasteiger partial charge in [0.25, 0.3) is 5.91 Å². The second-order valence-electron chi connectivity index (χ2n) is 11.9. The summed E-state index contributed by atoms with van der Waals surface area (Å²) >= 11 is 0. The van der Waals surface area contributed by atoms with Gasteiger partial charge in [0.05, 0.1) is 22.9 Å². The van der Waals surface area contributed by atoms with Crippen molar-refractivity contribution >= 4 is 16.8 Å². The molecule has 206 valence electrons. The Morgan fingerprint density at radius 2 is 1.77 bits per heavy atom. The quantitative estimate of drug-likeness (QED) is 0.291. The molecule has 0 spiro atoms. The third kappa shape index (κ3) is 4.87. The van der Waals surface area contributed by atoms with Gasteiger partial charge in [0.2, 0.25) is 0 Å². The molecule has 0 radical (unpaired) electrons. The molecule has 2 N–H and O–H groups in total. The van der Waals surface area contributed by atoms with Crippen molar-refractivity contribution in [2.75, 3.05) is 7.05 Å². The van der Waals surface area contributed by atoms with Crippen LogP contribution >= 0.6 is 0 Å². The summed E-state index contributed by atoms with van der Waals surface area (Å²) in [6, 6.07) is 21.2. The van der Waals surface area contributed by atoms with E-state index in [9.17, 15) is 4.79 Å². The average Bonchev–Trinajstić information content (AvgIpc) is 3.71. The van der Waals surface area contributed by atoms with Crippen LogP contribution in [0.4, 0.5) is 0 Å². The number of aromatic amines is 1. The van der Waals surface area contributed by atoms with Gasteiger partial charge in [0.15, 0.2) is 0 Å². The number of carbonyl (C=O) groups is 1. The van der Waals surface area contributed by atoms with Gasteiger partial charge in [-0.1, -0.05) is 18.9 Å². The van der Waals surface area contributed by atoms with Gasteiger partial charge in [0.1, 0.15) is 11.9 Å². The van der Waals surface area contributed by atoms with Crippen molar-refractivity contribution in [3.8, 4) is 17.0 Å². The molecule has 1 saturated carbocycles. The number of piperidine rings is 1. The van der Waals surface area contributed by atoms with Crippen molar-refractivity contribution in [3.63, 3.8) is 0 Å². The van der Waals surface area contributed by atoms with Crippen LogP contribution in [-0.2, 0) is 0 Å². The molecule has 1 amide bonds. The van der Waals surface area contributed by atoms with E-state index in [2.05, 4.69) is 44.6 Å². The molecule has 7 nitrogen and oxygen atoms in total. The van der Waals surface area contributed by atoms with E-state index in [0.29, 0.717) is 23.6 Å². The van der Waals surface area contributed by atoms with Crippen LogP contribution in [0.5, 0.6) is 5.75 Å². The normalized spacial score (nSPS) is 23.9. The van der Waals surface area contributed by atoms with Crippen LogP contribution in [0.2, 0.25) is 0 Å². The Balaban J connectivity index is 1.09. The van der Waals surface area contributed by atoms with Gasteiger partial charge >= 0.3 is 0 Å². The number of amides is 1. The molecule has 2 aliphatic heterocycles. The Labute approximate surface area is 235 Å². The van der Waals surface area contributed by atoms with E-state index in [1.165, 1.54) is 25.7 Å². The lowest BCUT2D eigenvalue weighted by molar-refractivity contribution is 0.0662. The molecule has 3 fully saturated rings. The monoisotopic (exact) mass is 535 g/mol. The minimum absolute atomic E-state index is 0.0764. The highest BCUT2D eigenvalue weighted by Crippen LogP contribution is 2.37. The van der Waals surface area contributed by atoms with Crippen LogP contribution in [0.1, 0.15) is 73.5 Å². The minimum atomic E-state index is -0.0805. The van der Waals surface area contributed by atoms with E-state index in [1.807, 2.05) is 48.5 Å². The number of nitrogens with zero attached hydrogens (tertiary/aromatic N) is 3. The van der Waals surface area contributed by atoms with Crippen LogP contribution in [-0.4, -0.2) is 51.2 Å². The lowest BCUT2D eigenvalue weighted by Gasteiger charge is -2.36. The number of hydrogen-bond acceptors (Lipinski definition) is 5. The zero-order valence-corrected chi connectivity index (χ0v) is 23.1. The van der Waals surface area contributed by atoms with Crippen molar-refractivity contribution in [2.45, 2.75) is 75.6 Å². The van der Waals surface area contributed by atoms with E-state index >= 15 is 0 Å². The Morgan fingerprint density at radius 1 is 1.00 bits per heavy atom. The van der Waals surface area contributed by atoms with Gasteiger partial charge < -0.3 is 15.0 Å². The summed E-state index contributed by atoms with van der Waals surface area (Å²) in [5, 5.41) is 12.0. The third-order valence-electron chi connectivity index (χ3n) is 9.47. The number of aromatic nitrogens is 3. The highest BCUT2D eigenvalue weighted by atomic mass is 16.5. The van der Waals surface area contributed by atoms with Gasteiger partial charge in [-0.05, 0) is 106 Å². The number of nitrogens with one attached hydrogen (secondary N) is 2.